The van der Waals surface area contributed by atoms with E-state index in [1.54, 1.807) is 0 Å². The fraction of sp³-hybridized carbons (Fsp3) is 0.611. The lowest BCUT2D eigenvalue weighted by Crippen LogP contribution is -2.48. The number of carbonyl (C=O) groups excluding carboxylic acids is 1. The van der Waals surface area contributed by atoms with Crippen molar-refractivity contribution in [3.63, 3.8) is 0 Å². The van der Waals surface area contributed by atoms with Crippen LogP contribution in [0.4, 0.5) is 0 Å². The third kappa shape index (κ3) is 4.08. The Labute approximate surface area is 132 Å². The number of rotatable bonds is 4. The Hall–Kier alpha value is -1.39. The van der Waals surface area contributed by atoms with Gasteiger partial charge < -0.3 is 14.4 Å². The first-order valence-corrected chi connectivity index (χ1v) is 8.35. The van der Waals surface area contributed by atoms with Crippen molar-refractivity contribution in [2.24, 2.45) is 5.92 Å². The van der Waals surface area contributed by atoms with E-state index in [0.29, 0.717) is 12.5 Å². The smallest absolute Gasteiger partial charge is 0.226 e. The van der Waals surface area contributed by atoms with Gasteiger partial charge in [-0.1, -0.05) is 30.3 Å². The van der Waals surface area contributed by atoms with Crippen molar-refractivity contribution in [2.75, 3.05) is 32.9 Å². The number of carbonyl (C=O) groups is 1. The SMILES string of the molecule is O=C(C1CCOCC1)N1CCO[C@@H](CCc2ccccc2)C1. The van der Waals surface area contributed by atoms with Crippen LogP contribution in [0.5, 0.6) is 0 Å². The molecule has 4 heteroatoms. The van der Waals surface area contributed by atoms with E-state index in [1.807, 2.05) is 11.0 Å². The summed E-state index contributed by atoms with van der Waals surface area (Å²) in [7, 11) is 0. The van der Waals surface area contributed by atoms with E-state index < -0.39 is 0 Å². The molecule has 0 radical (unpaired) electrons. The highest BCUT2D eigenvalue weighted by atomic mass is 16.5. The molecular weight excluding hydrogens is 278 g/mol. The third-order valence-corrected chi connectivity index (χ3v) is 4.62. The van der Waals surface area contributed by atoms with Gasteiger partial charge in [-0.15, -0.1) is 0 Å². The maximum atomic E-state index is 12.6. The highest BCUT2D eigenvalue weighted by Crippen LogP contribution is 2.20. The van der Waals surface area contributed by atoms with Crippen molar-refractivity contribution in [2.45, 2.75) is 31.8 Å². The van der Waals surface area contributed by atoms with Crippen LogP contribution in [-0.2, 0) is 20.7 Å². The average molecular weight is 303 g/mol. The van der Waals surface area contributed by atoms with Crippen molar-refractivity contribution >= 4 is 5.91 Å². The first kappa shape index (κ1) is 15.5. The number of benzene rings is 1. The summed E-state index contributed by atoms with van der Waals surface area (Å²) < 4.78 is 11.2. The largest absolute Gasteiger partial charge is 0.381 e. The standard InChI is InChI=1S/C18H25NO3/c20-18(16-8-11-21-12-9-16)19-10-13-22-17(14-19)7-6-15-4-2-1-3-5-15/h1-5,16-17H,6-14H2/t17-/m0/s1. The molecule has 3 rings (SSSR count). The summed E-state index contributed by atoms with van der Waals surface area (Å²) in [4.78, 5) is 14.6. The van der Waals surface area contributed by atoms with Gasteiger partial charge in [-0.3, -0.25) is 4.79 Å². The maximum Gasteiger partial charge on any atom is 0.226 e. The van der Waals surface area contributed by atoms with E-state index in [0.717, 1.165) is 52.0 Å². The molecular formula is C18H25NO3. The summed E-state index contributed by atoms with van der Waals surface area (Å²) in [6.07, 6.45) is 3.88. The molecule has 4 nitrogen and oxygen atoms in total. The zero-order valence-corrected chi connectivity index (χ0v) is 13.1. The van der Waals surface area contributed by atoms with Gasteiger partial charge in [0, 0.05) is 32.2 Å². The number of nitrogens with zero attached hydrogens (tertiary/aromatic N) is 1. The lowest BCUT2D eigenvalue weighted by molar-refractivity contribution is -0.146. The molecule has 0 unspecified atom stereocenters. The van der Waals surface area contributed by atoms with Crippen molar-refractivity contribution < 1.29 is 14.3 Å². The molecule has 1 amide bonds. The Balaban J connectivity index is 1.49. The lowest BCUT2D eigenvalue weighted by Gasteiger charge is -2.36. The van der Waals surface area contributed by atoms with Crippen LogP contribution < -0.4 is 0 Å². The van der Waals surface area contributed by atoms with Gasteiger partial charge in [0.2, 0.25) is 5.91 Å². The molecule has 2 heterocycles. The predicted molar refractivity (Wildman–Crippen MR) is 84.6 cm³/mol. The van der Waals surface area contributed by atoms with Crippen LogP contribution in [0.15, 0.2) is 30.3 Å². The quantitative estimate of drug-likeness (QED) is 0.856. The first-order valence-electron chi connectivity index (χ1n) is 8.35. The Morgan fingerprint density at radius 2 is 1.91 bits per heavy atom. The molecule has 0 aromatic heterocycles. The van der Waals surface area contributed by atoms with Crippen LogP contribution in [0.25, 0.3) is 0 Å². The van der Waals surface area contributed by atoms with Gasteiger partial charge in [-0.2, -0.15) is 0 Å². The zero-order chi connectivity index (χ0) is 15.2. The predicted octanol–water partition coefficient (Wildman–Crippen LogP) is 2.27. The highest BCUT2D eigenvalue weighted by Gasteiger charge is 2.30. The molecule has 2 fully saturated rings. The minimum atomic E-state index is 0.154. The van der Waals surface area contributed by atoms with Crippen LogP contribution >= 0.6 is 0 Å². The van der Waals surface area contributed by atoms with Crippen LogP contribution in [-0.4, -0.2) is 49.8 Å². The fourth-order valence-electron chi connectivity index (χ4n) is 3.27. The average Bonchev–Trinajstić information content (AvgIpc) is 2.61. The molecule has 22 heavy (non-hydrogen) atoms. The van der Waals surface area contributed by atoms with Gasteiger partial charge >= 0.3 is 0 Å². The second kappa shape index (κ2) is 7.75. The molecule has 1 atom stereocenters. The molecule has 0 saturated carbocycles. The molecule has 0 bridgehead atoms. The van der Waals surface area contributed by atoms with Crippen molar-refractivity contribution in [3.8, 4) is 0 Å². The monoisotopic (exact) mass is 303 g/mol. The number of hydrogen-bond donors (Lipinski definition) is 0. The van der Waals surface area contributed by atoms with Crippen LogP contribution in [0, 0.1) is 5.92 Å². The second-order valence-electron chi connectivity index (χ2n) is 6.19. The van der Waals surface area contributed by atoms with Crippen LogP contribution in [0.3, 0.4) is 0 Å². The van der Waals surface area contributed by atoms with Crippen LogP contribution in [0.2, 0.25) is 0 Å². The summed E-state index contributed by atoms with van der Waals surface area (Å²) in [6.45, 7) is 3.58. The van der Waals surface area contributed by atoms with Crippen molar-refractivity contribution in [1.82, 2.24) is 4.90 Å². The Kier molecular flexibility index (Phi) is 5.46. The van der Waals surface area contributed by atoms with E-state index in [1.165, 1.54) is 5.56 Å². The minimum Gasteiger partial charge on any atom is -0.381 e. The summed E-state index contributed by atoms with van der Waals surface area (Å²) in [5.74, 6) is 0.456. The number of morpholine rings is 1. The molecule has 1 aromatic carbocycles. The summed E-state index contributed by atoms with van der Waals surface area (Å²) in [5.41, 5.74) is 1.33. The summed E-state index contributed by atoms with van der Waals surface area (Å²) >= 11 is 0. The first-order chi connectivity index (χ1) is 10.8. The highest BCUT2D eigenvalue weighted by molar-refractivity contribution is 5.79. The lowest BCUT2D eigenvalue weighted by atomic mass is 9.98. The van der Waals surface area contributed by atoms with Gasteiger partial charge in [0.25, 0.3) is 0 Å². The molecule has 0 spiro atoms. The van der Waals surface area contributed by atoms with E-state index in [-0.39, 0.29) is 12.0 Å². The molecule has 2 saturated heterocycles. The maximum absolute atomic E-state index is 12.6. The van der Waals surface area contributed by atoms with Gasteiger partial charge in [-0.05, 0) is 31.2 Å². The molecule has 2 aliphatic heterocycles. The van der Waals surface area contributed by atoms with E-state index in [9.17, 15) is 4.79 Å². The van der Waals surface area contributed by atoms with E-state index >= 15 is 0 Å². The normalized spacial score (nSPS) is 23.5. The number of ether oxygens (including phenoxy) is 2. The van der Waals surface area contributed by atoms with E-state index in [2.05, 4.69) is 24.3 Å². The fourth-order valence-corrected chi connectivity index (χ4v) is 3.27. The van der Waals surface area contributed by atoms with Crippen molar-refractivity contribution in [3.05, 3.63) is 35.9 Å². The molecule has 0 N–H and O–H groups in total. The topological polar surface area (TPSA) is 38.8 Å². The summed E-state index contributed by atoms with van der Waals surface area (Å²) in [5, 5.41) is 0. The zero-order valence-electron chi connectivity index (χ0n) is 13.1. The van der Waals surface area contributed by atoms with Gasteiger partial charge in [0.1, 0.15) is 0 Å². The molecule has 120 valence electrons. The number of amides is 1. The summed E-state index contributed by atoms with van der Waals surface area (Å²) in [6, 6.07) is 10.5. The Morgan fingerprint density at radius 1 is 1.14 bits per heavy atom. The Bertz CT molecular complexity index is 470. The van der Waals surface area contributed by atoms with Gasteiger partial charge in [0.15, 0.2) is 0 Å². The van der Waals surface area contributed by atoms with Crippen LogP contribution in [0.1, 0.15) is 24.8 Å². The number of hydrogen-bond acceptors (Lipinski definition) is 3. The van der Waals surface area contributed by atoms with E-state index in [4.69, 9.17) is 9.47 Å². The second-order valence-corrected chi connectivity index (χ2v) is 6.19. The molecule has 0 aliphatic carbocycles. The third-order valence-electron chi connectivity index (χ3n) is 4.62. The molecule has 1 aromatic rings. The number of aryl methyl sites for hydroxylation is 1. The van der Waals surface area contributed by atoms with Crippen molar-refractivity contribution in [1.29, 1.82) is 0 Å². The minimum absolute atomic E-state index is 0.154. The molecule has 2 aliphatic rings. The van der Waals surface area contributed by atoms with Gasteiger partial charge in [0.05, 0.1) is 12.7 Å². The Morgan fingerprint density at radius 3 is 2.68 bits per heavy atom. The van der Waals surface area contributed by atoms with Gasteiger partial charge in [-0.25, -0.2) is 0 Å².